The fraction of sp³-hybridized carbons (Fsp3) is 0.579. The van der Waals surface area contributed by atoms with Crippen molar-refractivity contribution in [3.8, 4) is 0 Å². The summed E-state index contributed by atoms with van der Waals surface area (Å²) in [7, 11) is 2.32. The highest BCUT2D eigenvalue weighted by Crippen LogP contribution is 2.32. The number of nitrogens with one attached hydrogen (secondary N) is 2. The second-order valence-electron chi connectivity index (χ2n) is 7.28. The zero-order chi connectivity index (χ0) is 15.1. The third-order valence-electron chi connectivity index (χ3n) is 5.86. The summed E-state index contributed by atoms with van der Waals surface area (Å²) in [6.07, 6.45) is 6.82. The van der Waals surface area contributed by atoms with Gasteiger partial charge in [-0.2, -0.15) is 0 Å². The van der Waals surface area contributed by atoms with Crippen LogP contribution in [0.5, 0.6) is 0 Å². The summed E-state index contributed by atoms with van der Waals surface area (Å²) in [5, 5.41) is 5.17. The molecule has 4 rings (SSSR count). The molecule has 2 saturated heterocycles. The molecule has 0 aliphatic carbocycles. The maximum atomic E-state index is 3.81. The van der Waals surface area contributed by atoms with E-state index in [1.807, 2.05) is 0 Å². The van der Waals surface area contributed by atoms with E-state index in [0.717, 1.165) is 18.6 Å². The van der Waals surface area contributed by atoms with Crippen LogP contribution in [0.3, 0.4) is 0 Å². The Morgan fingerprint density at radius 2 is 2.00 bits per heavy atom. The molecule has 22 heavy (non-hydrogen) atoms. The van der Waals surface area contributed by atoms with E-state index in [1.165, 1.54) is 54.3 Å². The molecule has 2 atom stereocenters. The highest BCUT2D eigenvalue weighted by Gasteiger charge is 2.35. The third kappa shape index (κ3) is 2.57. The van der Waals surface area contributed by atoms with Crippen LogP contribution < -0.4 is 5.32 Å². The molecule has 118 valence electrons. The van der Waals surface area contributed by atoms with Crippen molar-refractivity contribution in [3.05, 3.63) is 35.5 Å². The average Bonchev–Trinajstić information content (AvgIpc) is 2.90. The first-order chi connectivity index (χ1) is 10.7. The maximum Gasteiger partial charge on any atom is 0.0459 e. The molecule has 3 nitrogen and oxygen atoms in total. The number of piperidine rings is 2. The number of benzene rings is 1. The molecule has 0 radical (unpaired) electrons. The Morgan fingerprint density at radius 3 is 2.73 bits per heavy atom. The number of fused-ring (bicyclic) bond motifs is 3. The second kappa shape index (κ2) is 5.71. The van der Waals surface area contributed by atoms with E-state index in [4.69, 9.17) is 0 Å². The van der Waals surface area contributed by atoms with Crippen LogP contribution in [0.1, 0.15) is 43.4 Å². The van der Waals surface area contributed by atoms with Crippen molar-refractivity contribution < 1.29 is 0 Å². The number of hydrogen-bond acceptors (Lipinski definition) is 2. The van der Waals surface area contributed by atoms with Crippen LogP contribution in [0.2, 0.25) is 0 Å². The number of aromatic nitrogens is 1. The van der Waals surface area contributed by atoms with E-state index < -0.39 is 0 Å². The minimum Gasteiger partial charge on any atom is -0.357 e. The Hall–Kier alpha value is -1.32. The summed E-state index contributed by atoms with van der Waals surface area (Å²) >= 11 is 0. The molecule has 0 saturated carbocycles. The molecule has 1 aromatic heterocycles. The van der Waals surface area contributed by atoms with Crippen LogP contribution in [-0.2, 0) is 6.54 Å². The van der Waals surface area contributed by atoms with Crippen LogP contribution in [0, 0.1) is 6.92 Å². The fourth-order valence-electron chi connectivity index (χ4n) is 4.50. The molecular weight excluding hydrogens is 270 g/mol. The van der Waals surface area contributed by atoms with Gasteiger partial charge in [0.2, 0.25) is 0 Å². The molecule has 3 heterocycles. The monoisotopic (exact) mass is 297 g/mol. The van der Waals surface area contributed by atoms with Crippen molar-refractivity contribution in [3.63, 3.8) is 0 Å². The number of hydrogen-bond donors (Lipinski definition) is 2. The molecule has 2 aromatic rings. The van der Waals surface area contributed by atoms with Gasteiger partial charge < -0.3 is 15.2 Å². The zero-order valence-electron chi connectivity index (χ0n) is 13.7. The standard InChI is InChI=1S/C19H27N3/c1-13-5-3-8-19-18(13)11-15(21-19)12-20-14-9-16-6-4-7-17(10-14)22(16)2/h3,5,8,11,14,16-17,20-21H,4,6-7,9-10,12H2,1-2H3. The number of rotatable bonds is 3. The summed E-state index contributed by atoms with van der Waals surface area (Å²) in [6, 6.07) is 11.1. The molecule has 2 bridgehead atoms. The van der Waals surface area contributed by atoms with Crippen molar-refractivity contribution in [1.82, 2.24) is 15.2 Å². The zero-order valence-corrected chi connectivity index (χ0v) is 13.7. The first-order valence-electron chi connectivity index (χ1n) is 8.73. The van der Waals surface area contributed by atoms with Gasteiger partial charge in [-0.05, 0) is 57.4 Å². The van der Waals surface area contributed by atoms with Gasteiger partial charge in [-0.1, -0.05) is 18.6 Å². The minimum absolute atomic E-state index is 0.680. The van der Waals surface area contributed by atoms with Crippen LogP contribution >= 0.6 is 0 Å². The van der Waals surface area contributed by atoms with E-state index >= 15 is 0 Å². The lowest BCUT2D eigenvalue weighted by Crippen LogP contribution is -2.54. The normalized spacial score (nSPS) is 29.1. The van der Waals surface area contributed by atoms with Gasteiger partial charge in [0.1, 0.15) is 0 Å². The van der Waals surface area contributed by atoms with Crippen molar-refractivity contribution >= 4 is 10.9 Å². The van der Waals surface area contributed by atoms with Gasteiger partial charge >= 0.3 is 0 Å². The Bertz CT molecular complexity index is 646. The summed E-state index contributed by atoms with van der Waals surface area (Å²) in [6.45, 7) is 3.15. The summed E-state index contributed by atoms with van der Waals surface area (Å²) < 4.78 is 0. The lowest BCUT2D eigenvalue weighted by atomic mass is 9.82. The second-order valence-corrected chi connectivity index (χ2v) is 7.28. The predicted molar refractivity (Wildman–Crippen MR) is 92.1 cm³/mol. The first kappa shape index (κ1) is 14.3. The van der Waals surface area contributed by atoms with Crippen LogP contribution in [0.4, 0.5) is 0 Å². The van der Waals surface area contributed by atoms with E-state index in [1.54, 1.807) is 0 Å². The van der Waals surface area contributed by atoms with Crippen molar-refractivity contribution in [1.29, 1.82) is 0 Å². The summed E-state index contributed by atoms with van der Waals surface area (Å²) in [5.74, 6) is 0. The SMILES string of the molecule is Cc1cccc2[nH]c(CNC3CC4CCCC(C3)N4C)cc12. The van der Waals surface area contributed by atoms with Crippen molar-refractivity contribution in [2.24, 2.45) is 0 Å². The maximum absolute atomic E-state index is 3.81. The Morgan fingerprint density at radius 1 is 1.23 bits per heavy atom. The number of aryl methyl sites for hydroxylation is 1. The lowest BCUT2D eigenvalue weighted by Gasteiger charge is -2.47. The highest BCUT2D eigenvalue weighted by atomic mass is 15.2. The Labute approximate surface area is 133 Å². The van der Waals surface area contributed by atoms with Gasteiger partial charge in [0.05, 0.1) is 0 Å². The average molecular weight is 297 g/mol. The summed E-state index contributed by atoms with van der Waals surface area (Å²) in [5.41, 5.74) is 3.93. The van der Waals surface area contributed by atoms with Gasteiger partial charge in [0.15, 0.2) is 0 Å². The Kier molecular flexibility index (Phi) is 3.71. The highest BCUT2D eigenvalue weighted by molar-refractivity contribution is 5.83. The number of H-pyrrole nitrogens is 1. The summed E-state index contributed by atoms with van der Waals surface area (Å²) in [4.78, 5) is 6.20. The van der Waals surface area contributed by atoms with Gasteiger partial charge in [-0.15, -0.1) is 0 Å². The van der Waals surface area contributed by atoms with E-state index in [2.05, 4.69) is 53.4 Å². The molecule has 3 heteroatoms. The van der Waals surface area contributed by atoms with E-state index in [0.29, 0.717) is 6.04 Å². The molecule has 0 amide bonds. The van der Waals surface area contributed by atoms with Gasteiger partial charge in [0.25, 0.3) is 0 Å². The smallest absolute Gasteiger partial charge is 0.0459 e. The number of nitrogens with zero attached hydrogens (tertiary/aromatic N) is 1. The van der Waals surface area contributed by atoms with Gasteiger partial charge in [-0.25, -0.2) is 0 Å². The number of aromatic amines is 1. The molecule has 1 aromatic carbocycles. The minimum atomic E-state index is 0.680. The van der Waals surface area contributed by atoms with E-state index in [9.17, 15) is 0 Å². The molecule has 2 unspecified atom stereocenters. The first-order valence-corrected chi connectivity index (χ1v) is 8.73. The van der Waals surface area contributed by atoms with E-state index in [-0.39, 0.29) is 0 Å². The molecule has 0 spiro atoms. The van der Waals surface area contributed by atoms with Crippen molar-refractivity contribution in [2.45, 2.75) is 63.7 Å². The van der Waals surface area contributed by atoms with Gasteiger partial charge in [-0.3, -0.25) is 0 Å². The quantitative estimate of drug-likeness (QED) is 0.907. The Balaban J connectivity index is 1.42. The molecule has 2 N–H and O–H groups in total. The molecule has 2 aliphatic rings. The predicted octanol–water partition coefficient (Wildman–Crippen LogP) is 3.58. The molecular formula is C19H27N3. The van der Waals surface area contributed by atoms with Crippen LogP contribution in [-0.4, -0.2) is 35.1 Å². The third-order valence-corrected chi connectivity index (χ3v) is 5.86. The van der Waals surface area contributed by atoms with Crippen LogP contribution in [0.15, 0.2) is 24.3 Å². The largest absolute Gasteiger partial charge is 0.357 e. The fourth-order valence-corrected chi connectivity index (χ4v) is 4.50. The van der Waals surface area contributed by atoms with Crippen molar-refractivity contribution in [2.75, 3.05) is 7.05 Å². The topological polar surface area (TPSA) is 31.1 Å². The lowest BCUT2D eigenvalue weighted by molar-refractivity contribution is 0.0482. The molecule has 2 aliphatic heterocycles. The van der Waals surface area contributed by atoms with Crippen LogP contribution in [0.25, 0.3) is 10.9 Å². The van der Waals surface area contributed by atoms with Gasteiger partial charge in [0, 0.05) is 41.3 Å². The molecule has 2 fully saturated rings.